The molecule has 0 bridgehead atoms. The summed E-state index contributed by atoms with van der Waals surface area (Å²) < 4.78 is 26.3. The molecular weight excluding hydrogens is 262 g/mol. The minimum absolute atomic E-state index is 0.0883. The summed E-state index contributed by atoms with van der Waals surface area (Å²) in [6, 6.07) is 11.1. The summed E-state index contributed by atoms with van der Waals surface area (Å²) in [5, 5.41) is 10.5. The standard InChI is InChI=1S/C14H17NO3S/c1-11-7-8-12-5-3-4-6-13(12)14(11)19(17,18)15(2)9-10-16/h3-8,16H,9-10H2,1-2H3. The predicted molar refractivity (Wildman–Crippen MR) is 75.6 cm³/mol. The van der Waals surface area contributed by atoms with Crippen molar-refractivity contribution in [2.45, 2.75) is 11.8 Å². The van der Waals surface area contributed by atoms with Crippen LogP contribution in [-0.2, 0) is 10.0 Å². The molecule has 4 nitrogen and oxygen atoms in total. The second-order valence-electron chi connectivity index (χ2n) is 4.48. The van der Waals surface area contributed by atoms with Crippen molar-refractivity contribution in [1.82, 2.24) is 4.31 Å². The second-order valence-corrected chi connectivity index (χ2v) is 6.46. The quantitative estimate of drug-likeness (QED) is 0.928. The Labute approximate surface area is 113 Å². The zero-order valence-corrected chi connectivity index (χ0v) is 11.8. The molecule has 0 saturated carbocycles. The third-order valence-electron chi connectivity index (χ3n) is 3.16. The number of aliphatic hydroxyl groups is 1. The van der Waals surface area contributed by atoms with Gasteiger partial charge in [-0.2, -0.15) is 4.31 Å². The number of fused-ring (bicyclic) bond motifs is 1. The minimum atomic E-state index is -3.59. The van der Waals surface area contributed by atoms with Gasteiger partial charge >= 0.3 is 0 Å². The maximum absolute atomic E-state index is 12.6. The lowest BCUT2D eigenvalue weighted by Gasteiger charge is -2.19. The topological polar surface area (TPSA) is 57.6 Å². The molecule has 102 valence electrons. The van der Waals surface area contributed by atoms with Crippen LogP contribution < -0.4 is 0 Å². The highest BCUT2D eigenvalue weighted by Crippen LogP contribution is 2.28. The van der Waals surface area contributed by atoms with Crippen LogP contribution in [0.5, 0.6) is 0 Å². The molecule has 0 heterocycles. The van der Waals surface area contributed by atoms with E-state index >= 15 is 0 Å². The lowest BCUT2D eigenvalue weighted by Crippen LogP contribution is -2.30. The van der Waals surface area contributed by atoms with Gasteiger partial charge in [-0.1, -0.05) is 36.4 Å². The number of rotatable bonds is 4. The van der Waals surface area contributed by atoms with E-state index in [1.54, 1.807) is 6.92 Å². The van der Waals surface area contributed by atoms with Crippen molar-refractivity contribution in [3.8, 4) is 0 Å². The number of nitrogens with zero attached hydrogens (tertiary/aromatic N) is 1. The maximum Gasteiger partial charge on any atom is 0.243 e. The van der Waals surface area contributed by atoms with Crippen LogP contribution >= 0.6 is 0 Å². The summed E-state index contributed by atoms with van der Waals surface area (Å²) in [4.78, 5) is 0.321. The van der Waals surface area contributed by atoms with Gasteiger partial charge in [-0.3, -0.25) is 0 Å². The first-order valence-corrected chi connectivity index (χ1v) is 7.48. The Morgan fingerprint density at radius 2 is 1.84 bits per heavy atom. The highest BCUT2D eigenvalue weighted by molar-refractivity contribution is 7.89. The minimum Gasteiger partial charge on any atom is -0.395 e. The molecule has 1 N–H and O–H groups in total. The number of hydrogen-bond acceptors (Lipinski definition) is 3. The molecule has 0 unspecified atom stereocenters. The van der Waals surface area contributed by atoms with Crippen molar-refractivity contribution < 1.29 is 13.5 Å². The predicted octanol–water partition coefficient (Wildman–Crippen LogP) is 1.76. The van der Waals surface area contributed by atoms with E-state index in [0.717, 1.165) is 5.39 Å². The van der Waals surface area contributed by atoms with Gasteiger partial charge in [0.25, 0.3) is 0 Å². The summed E-state index contributed by atoms with van der Waals surface area (Å²) in [7, 11) is -2.11. The van der Waals surface area contributed by atoms with Crippen LogP contribution in [0.1, 0.15) is 5.56 Å². The van der Waals surface area contributed by atoms with E-state index in [1.807, 2.05) is 36.4 Å². The van der Waals surface area contributed by atoms with E-state index in [1.165, 1.54) is 11.4 Å². The van der Waals surface area contributed by atoms with E-state index in [4.69, 9.17) is 5.11 Å². The molecule has 0 fully saturated rings. The van der Waals surface area contributed by atoms with E-state index in [9.17, 15) is 8.42 Å². The molecule has 0 radical (unpaired) electrons. The van der Waals surface area contributed by atoms with Gasteiger partial charge < -0.3 is 5.11 Å². The van der Waals surface area contributed by atoms with Gasteiger partial charge in [-0.15, -0.1) is 0 Å². The first-order valence-electron chi connectivity index (χ1n) is 6.04. The summed E-state index contributed by atoms with van der Waals surface area (Å²) in [6.45, 7) is 1.68. The van der Waals surface area contributed by atoms with Gasteiger partial charge in [0.2, 0.25) is 10.0 Å². The molecule has 0 saturated heterocycles. The van der Waals surface area contributed by atoms with Crippen LogP contribution in [0.15, 0.2) is 41.3 Å². The Morgan fingerprint density at radius 3 is 2.53 bits per heavy atom. The number of aliphatic hydroxyl groups excluding tert-OH is 1. The molecule has 2 aromatic rings. The van der Waals surface area contributed by atoms with E-state index in [-0.39, 0.29) is 13.2 Å². The van der Waals surface area contributed by atoms with Gasteiger partial charge in [-0.25, -0.2) is 8.42 Å². The third kappa shape index (κ3) is 2.49. The lowest BCUT2D eigenvalue weighted by molar-refractivity contribution is 0.266. The molecule has 5 heteroatoms. The normalized spacial score (nSPS) is 12.2. The molecule has 0 spiro atoms. The van der Waals surface area contributed by atoms with Crippen molar-refractivity contribution in [1.29, 1.82) is 0 Å². The van der Waals surface area contributed by atoms with Crippen LogP contribution in [0.25, 0.3) is 10.8 Å². The molecule has 0 atom stereocenters. The Kier molecular flexibility index (Phi) is 3.89. The summed E-state index contributed by atoms with van der Waals surface area (Å²) in [6.07, 6.45) is 0. The smallest absolute Gasteiger partial charge is 0.243 e. The van der Waals surface area contributed by atoms with Crippen molar-refractivity contribution in [3.63, 3.8) is 0 Å². The average Bonchev–Trinajstić information content (AvgIpc) is 2.38. The van der Waals surface area contributed by atoms with Crippen molar-refractivity contribution >= 4 is 20.8 Å². The van der Waals surface area contributed by atoms with Crippen LogP contribution in [0.2, 0.25) is 0 Å². The molecule has 0 aromatic heterocycles. The lowest BCUT2D eigenvalue weighted by atomic mass is 10.1. The largest absolute Gasteiger partial charge is 0.395 e. The van der Waals surface area contributed by atoms with Crippen LogP contribution in [0.4, 0.5) is 0 Å². The molecule has 0 aliphatic heterocycles. The molecule has 0 aliphatic carbocycles. The SMILES string of the molecule is Cc1ccc2ccccc2c1S(=O)(=O)N(C)CCO. The molecule has 19 heavy (non-hydrogen) atoms. The Bertz CT molecular complexity index is 695. The highest BCUT2D eigenvalue weighted by atomic mass is 32.2. The molecule has 2 aromatic carbocycles. The van der Waals surface area contributed by atoms with Gasteiger partial charge in [-0.05, 0) is 17.9 Å². The zero-order chi connectivity index (χ0) is 14.0. The second kappa shape index (κ2) is 5.28. The Balaban J connectivity index is 2.71. The molecule has 0 aliphatic rings. The fourth-order valence-electron chi connectivity index (χ4n) is 2.11. The fraction of sp³-hybridized carbons (Fsp3) is 0.286. The van der Waals surface area contributed by atoms with E-state index < -0.39 is 10.0 Å². The van der Waals surface area contributed by atoms with Gasteiger partial charge in [0, 0.05) is 19.0 Å². The van der Waals surface area contributed by atoms with Gasteiger partial charge in [0.1, 0.15) is 0 Å². The summed E-state index contributed by atoms with van der Waals surface area (Å²) in [5.74, 6) is 0. The van der Waals surface area contributed by atoms with Crippen molar-refractivity contribution in [3.05, 3.63) is 42.0 Å². The molecule has 0 amide bonds. The highest BCUT2D eigenvalue weighted by Gasteiger charge is 2.24. The van der Waals surface area contributed by atoms with Crippen LogP contribution in [0, 0.1) is 6.92 Å². The number of likely N-dealkylation sites (N-methyl/N-ethyl adjacent to an activating group) is 1. The number of sulfonamides is 1. The zero-order valence-electron chi connectivity index (χ0n) is 11.0. The summed E-state index contributed by atoms with van der Waals surface area (Å²) >= 11 is 0. The van der Waals surface area contributed by atoms with Crippen molar-refractivity contribution in [2.24, 2.45) is 0 Å². The third-order valence-corrected chi connectivity index (χ3v) is 5.22. The van der Waals surface area contributed by atoms with Crippen molar-refractivity contribution in [2.75, 3.05) is 20.2 Å². The van der Waals surface area contributed by atoms with E-state index in [2.05, 4.69) is 0 Å². The Morgan fingerprint density at radius 1 is 1.16 bits per heavy atom. The maximum atomic E-state index is 12.6. The number of hydrogen-bond donors (Lipinski definition) is 1. The van der Waals surface area contributed by atoms with Gasteiger partial charge in [0.15, 0.2) is 0 Å². The van der Waals surface area contributed by atoms with Crippen LogP contribution in [-0.4, -0.2) is 38.0 Å². The first-order chi connectivity index (χ1) is 8.98. The first kappa shape index (κ1) is 14.0. The molecule has 2 rings (SSSR count). The Hall–Kier alpha value is -1.43. The van der Waals surface area contributed by atoms with E-state index in [0.29, 0.717) is 15.8 Å². The van der Waals surface area contributed by atoms with Crippen LogP contribution in [0.3, 0.4) is 0 Å². The molecular formula is C14H17NO3S. The number of aryl methyl sites for hydroxylation is 1. The number of benzene rings is 2. The fourth-order valence-corrected chi connectivity index (χ4v) is 3.68. The summed E-state index contributed by atoms with van der Waals surface area (Å²) in [5.41, 5.74) is 0.712. The van der Waals surface area contributed by atoms with Gasteiger partial charge in [0.05, 0.1) is 11.5 Å². The average molecular weight is 279 g/mol. The monoisotopic (exact) mass is 279 g/mol.